The normalized spacial score (nSPS) is 10.2. The first kappa shape index (κ1) is 16.0. The number of nitrogens with zero attached hydrogens (tertiary/aromatic N) is 1. The van der Waals surface area contributed by atoms with E-state index in [1.807, 2.05) is 0 Å². The molecule has 0 saturated heterocycles. The summed E-state index contributed by atoms with van der Waals surface area (Å²) in [5, 5.41) is 28.4. The molecule has 0 heterocycles. The quantitative estimate of drug-likeness (QED) is 0.305. The summed E-state index contributed by atoms with van der Waals surface area (Å²) in [6.07, 6.45) is 0. The first-order valence-electron chi connectivity index (χ1n) is 6.24. The lowest BCUT2D eigenvalue weighted by Crippen LogP contribution is -2.12. The van der Waals surface area contributed by atoms with Gasteiger partial charge >= 0.3 is 5.69 Å². The van der Waals surface area contributed by atoms with Gasteiger partial charge in [-0.05, 0) is 12.1 Å². The molecule has 1 rings (SSSR count). The number of rotatable bonds is 9. The molecule has 0 fully saturated rings. The maximum absolute atomic E-state index is 11.1. The van der Waals surface area contributed by atoms with E-state index in [-0.39, 0.29) is 12.3 Å². The zero-order valence-corrected chi connectivity index (χ0v) is 11.6. The smallest absolute Gasteiger partial charge is 0.315 e. The Morgan fingerprint density at radius 1 is 1.25 bits per heavy atom. The number of nitrogens with one attached hydrogen (secondary N) is 3. The fourth-order valence-corrected chi connectivity index (χ4v) is 1.75. The first-order chi connectivity index (χ1) is 9.63. The van der Waals surface area contributed by atoms with Crippen LogP contribution in [0.1, 0.15) is 0 Å². The number of anilines is 3. The van der Waals surface area contributed by atoms with Crippen LogP contribution in [-0.2, 0) is 4.74 Å². The number of aliphatic hydroxyl groups excluding tert-OH is 1. The van der Waals surface area contributed by atoms with E-state index in [4.69, 9.17) is 9.84 Å². The number of nitro groups is 1. The predicted octanol–water partition coefficient (Wildman–Crippen LogP) is 1.10. The molecule has 0 amide bonds. The topological polar surface area (TPSA) is 109 Å². The predicted molar refractivity (Wildman–Crippen MR) is 78.6 cm³/mol. The van der Waals surface area contributed by atoms with E-state index in [1.54, 1.807) is 26.2 Å². The summed E-state index contributed by atoms with van der Waals surface area (Å²) in [7, 11) is 3.27. The van der Waals surface area contributed by atoms with Crippen LogP contribution in [0.15, 0.2) is 12.1 Å². The van der Waals surface area contributed by atoms with Crippen molar-refractivity contribution in [3.63, 3.8) is 0 Å². The molecule has 0 radical (unpaired) electrons. The molecule has 0 saturated carbocycles. The molecule has 0 unspecified atom stereocenters. The second-order valence-electron chi connectivity index (χ2n) is 3.94. The molecule has 1 aromatic rings. The van der Waals surface area contributed by atoms with Crippen LogP contribution >= 0.6 is 0 Å². The molecule has 0 spiro atoms. The van der Waals surface area contributed by atoms with Crippen LogP contribution in [0.5, 0.6) is 0 Å². The monoisotopic (exact) mass is 284 g/mol. The molecule has 0 aliphatic heterocycles. The average Bonchev–Trinajstić information content (AvgIpc) is 2.45. The highest BCUT2D eigenvalue weighted by atomic mass is 16.6. The van der Waals surface area contributed by atoms with E-state index in [0.717, 1.165) is 5.69 Å². The Bertz CT molecular complexity index is 428. The van der Waals surface area contributed by atoms with E-state index in [2.05, 4.69) is 16.0 Å². The molecule has 0 aliphatic rings. The fourth-order valence-electron chi connectivity index (χ4n) is 1.75. The molecular formula is C12H20N4O4. The number of benzene rings is 1. The Morgan fingerprint density at radius 3 is 2.30 bits per heavy atom. The standard InChI is InChI=1S/C12H20N4O4/c1-13-10-7-9(15-3-5-20-6-4-17)8-11(14-2)12(10)16(18)19/h7-8,13-15,17H,3-6H2,1-2H3. The Morgan fingerprint density at radius 2 is 1.85 bits per heavy atom. The van der Waals surface area contributed by atoms with Gasteiger partial charge in [0, 0.05) is 26.3 Å². The molecule has 4 N–H and O–H groups in total. The molecule has 0 aliphatic carbocycles. The Hall–Kier alpha value is -2.06. The zero-order chi connectivity index (χ0) is 15.0. The van der Waals surface area contributed by atoms with Gasteiger partial charge in [-0.3, -0.25) is 10.1 Å². The number of hydrogen-bond acceptors (Lipinski definition) is 7. The summed E-state index contributed by atoms with van der Waals surface area (Å²) < 4.78 is 5.13. The lowest BCUT2D eigenvalue weighted by molar-refractivity contribution is -0.383. The van der Waals surface area contributed by atoms with Crippen molar-refractivity contribution in [3.8, 4) is 0 Å². The third-order valence-corrected chi connectivity index (χ3v) is 2.64. The molecule has 0 aromatic heterocycles. The number of ether oxygens (including phenoxy) is 1. The summed E-state index contributed by atoms with van der Waals surface area (Å²) in [4.78, 5) is 10.6. The van der Waals surface area contributed by atoms with Gasteiger partial charge in [-0.25, -0.2) is 0 Å². The van der Waals surface area contributed by atoms with Gasteiger partial charge in [0.05, 0.1) is 24.7 Å². The van der Waals surface area contributed by atoms with Crippen molar-refractivity contribution in [1.82, 2.24) is 0 Å². The number of aliphatic hydroxyl groups is 1. The number of hydrogen-bond donors (Lipinski definition) is 4. The minimum Gasteiger partial charge on any atom is -0.394 e. The average molecular weight is 284 g/mol. The summed E-state index contributed by atoms with van der Waals surface area (Å²) >= 11 is 0. The molecular weight excluding hydrogens is 264 g/mol. The van der Waals surface area contributed by atoms with Crippen molar-refractivity contribution in [2.24, 2.45) is 0 Å². The SMILES string of the molecule is CNc1cc(NCCOCCO)cc(NC)c1[N+](=O)[O-]. The van der Waals surface area contributed by atoms with Crippen molar-refractivity contribution in [2.75, 3.05) is 56.4 Å². The van der Waals surface area contributed by atoms with Crippen LogP contribution in [0.2, 0.25) is 0 Å². The summed E-state index contributed by atoms with van der Waals surface area (Å²) in [5.74, 6) is 0. The van der Waals surface area contributed by atoms with E-state index in [1.165, 1.54) is 0 Å². The van der Waals surface area contributed by atoms with Gasteiger partial charge in [0.25, 0.3) is 0 Å². The highest BCUT2D eigenvalue weighted by Gasteiger charge is 2.19. The molecule has 0 atom stereocenters. The molecule has 8 heteroatoms. The van der Waals surface area contributed by atoms with E-state index >= 15 is 0 Å². The third kappa shape index (κ3) is 4.25. The first-order valence-corrected chi connectivity index (χ1v) is 6.24. The second kappa shape index (κ2) is 8.18. The largest absolute Gasteiger partial charge is 0.394 e. The van der Waals surface area contributed by atoms with Gasteiger partial charge in [0.1, 0.15) is 11.4 Å². The van der Waals surface area contributed by atoms with Crippen LogP contribution < -0.4 is 16.0 Å². The van der Waals surface area contributed by atoms with Crippen LogP contribution in [0.25, 0.3) is 0 Å². The molecule has 112 valence electrons. The van der Waals surface area contributed by atoms with Crippen molar-refractivity contribution in [3.05, 3.63) is 22.2 Å². The van der Waals surface area contributed by atoms with Crippen LogP contribution in [-0.4, -0.2) is 50.5 Å². The maximum atomic E-state index is 11.1. The maximum Gasteiger partial charge on any atom is 0.315 e. The van der Waals surface area contributed by atoms with Crippen molar-refractivity contribution < 1.29 is 14.8 Å². The van der Waals surface area contributed by atoms with Gasteiger partial charge in [0.15, 0.2) is 0 Å². The minimum absolute atomic E-state index is 0.00859. The summed E-state index contributed by atoms with van der Waals surface area (Å²) in [5.41, 5.74) is 1.62. The minimum atomic E-state index is -0.425. The lowest BCUT2D eigenvalue weighted by atomic mass is 10.2. The highest BCUT2D eigenvalue weighted by Crippen LogP contribution is 2.35. The summed E-state index contributed by atoms with van der Waals surface area (Å²) in [6, 6.07) is 3.34. The van der Waals surface area contributed by atoms with Gasteiger partial charge in [-0.1, -0.05) is 0 Å². The second-order valence-corrected chi connectivity index (χ2v) is 3.94. The Kier molecular flexibility index (Phi) is 6.54. The number of nitro benzene ring substituents is 1. The van der Waals surface area contributed by atoms with Gasteiger partial charge in [0.2, 0.25) is 0 Å². The van der Waals surface area contributed by atoms with Crippen molar-refractivity contribution in [2.45, 2.75) is 0 Å². The molecule has 8 nitrogen and oxygen atoms in total. The lowest BCUT2D eigenvalue weighted by Gasteiger charge is -2.12. The van der Waals surface area contributed by atoms with E-state index in [0.29, 0.717) is 31.1 Å². The zero-order valence-electron chi connectivity index (χ0n) is 11.6. The van der Waals surface area contributed by atoms with Crippen LogP contribution in [0.4, 0.5) is 22.7 Å². The van der Waals surface area contributed by atoms with Crippen LogP contribution in [0, 0.1) is 10.1 Å². The van der Waals surface area contributed by atoms with E-state index in [9.17, 15) is 10.1 Å². The Balaban J connectivity index is 2.80. The highest BCUT2D eigenvalue weighted by molar-refractivity contribution is 5.81. The van der Waals surface area contributed by atoms with Gasteiger partial charge in [-0.15, -0.1) is 0 Å². The van der Waals surface area contributed by atoms with Crippen molar-refractivity contribution >= 4 is 22.7 Å². The van der Waals surface area contributed by atoms with Crippen molar-refractivity contribution in [1.29, 1.82) is 0 Å². The molecule has 1 aromatic carbocycles. The molecule has 20 heavy (non-hydrogen) atoms. The fraction of sp³-hybridized carbons (Fsp3) is 0.500. The van der Waals surface area contributed by atoms with Gasteiger partial charge < -0.3 is 25.8 Å². The van der Waals surface area contributed by atoms with Crippen LogP contribution in [0.3, 0.4) is 0 Å². The van der Waals surface area contributed by atoms with E-state index < -0.39 is 4.92 Å². The third-order valence-electron chi connectivity index (χ3n) is 2.64. The Labute approximate surface area is 117 Å². The van der Waals surface area contributed by atoms with Gasteiger partial charge in [-0.2, -0.15) is 0 Å². The molecule has 0 bridgehead atoms. The summed E-state index contributed by atoms with van der Waals surface area (Å²) in [6.45, 7) is 1.28.